The van der Waals surface area contributed by atoms with E-state index in [1.807, 2.05) is 26.8 Å². The summed E-state index contributed by atoms with van der Waals surface area (Å²) in [6, 6.07) is 8.75. The van der Waals surface area contributed by atoms with Gasteiger partial charge in [0.2, 0.25) is 5.91 Å². The van der Waals surface area contributed by atoms with Crippen LogP contribution in [-0.2, 0) is 29.6 Å². The van der Waals surface area contributed by atoms with E-state index < -0.39 is 21.1 Å². The van der Waals surface area contributed by atoms with Crippen molar-refractivity contribution < 1.29 is 26.9 Å². The van der Waals surface area contributed by atoms with E-state index in [0.717, 1.165) is 0 Å². The van der Waals surface area contributed by atoms with Gasteiger partial charge in [0.05, 0.1) is 12.0 Å². The van der Waals surface area contributed by atoms with Crippen LogP contribution >= 0.6 is 0 Å². The van der Waals surface area contributed by atoms with Crippen LogP contribution in [0.25, 0.3) is 0 Å². The number of piperidine rings is 1. The quantitative estimate of drug-likeness (QED) is 0.666. The Balaban J connectivity index is 1.46. The van der Waals surface area contributed by atoms with Gasteiger partial charge in [0.25, 0.3) is 10.1 Å². The van der Waals surface area contributed by atoms with E-state index in [0.29, 0.717) is 44.3 Å². The van der Waals surface area contributed by atoms with Crippen molar-refractivity contribution in [3.8, 4) is 0 Å². The Morgan fingerprint density at radius 3 is 2.45 bits per heavy atom. The van der Waals surface area contributed by atoms with Crippen LogP contribution in [-0.4, -0.2) is 56.7 Å². The average Bonchev–Trinajstić information content (AvgIpc) is 2.96. The predicted octanol–water partition coefficient (Wildman–Crippen LogP) is 2.83. The predicted molar refractivity (Wildman–Crippen MR) is 116 cm³/mol. The number of carbonyl (C=O) groups excluding carboxylic acids is 2. The molecule has 0 radical (unpaired) electrons. The van der Waals surface area contributed by atoms with Crippen LogP contribution in [0.4, 0.5) is 4.79 Å². The van der Waals surface area contributed by atoms with Gasteiger partial charge in [0, 0.05) is 19.1 Å². The van der Waals surface area contributed by atoms with Crippen molar-refractivity contribution in [3.05, 3.63) is 35.9 Å². The van der Waals surface area contributed by atoms with Crippen LogP contribution in [0.2, 0.25) is 0 Å². The highest BCUT2D eigenvalue weighted by Gasteiger charge is 2.48. The largest absolute Gasteiger partial charge is 0.444 e. The number of amides is 2. The Hall–Kier alpha value is -2.13. The molecular weight excluding hydrogens is 420 g/mol. The SMILES string of the molecule is CC(C)(C)OC(=O)N1CCC2(CC1)C[C@@H](CCOS(=O)(=O)Cc1ccccc1)NC2=O. The van der Waals surface area contributed by atoms with Gasteiger partial charge >= 0.3 is 6.09 Å². The lowest BCUT2D eigenvalue weighted by Crippen LogP contribution is -2.47. The van der Waals surface area contributed by atoms with E-state index in [1.54, 1.807) is 29.2 Å². The molecule has 0 bridgehead atoms. The molecule has 0 saturated carbocycles. The summed E-state index contributed by atoms with van der Waals surface area (Å²) in [6.07, 6.45) is 1.84. The van der Waals surface area contributed by atoms with Crippen molar-refractivity contribution in [1.82, 2.24) is 10.2 Å². The van der Waals surface area contributed by atoms with Crippen molar-refractivity contribution >= 4 is 22.1 Å². The fraction of sp³-hybridized carbons (Fsp3) is 0.636. The van der Waals surface area contributed by atoms with Crippen LogP contribution < -0.4 is 5.32 Å². The summed E-state index contributed by atoms with van der Waals surface area (Å²) in [5.74, 6) is -0.191. The third kappa shape index (κ3) is 6.43. The zero-order valence-electron chi connectivity index (χ0n) is 18.4. The van der Waals surface area contributed by atoms with E-state index in [2.05, 4.69) is 5.32 Å². The fourth-order valence-electron chi connectivity index (χ4n) is 4.14. The number of nitrogens with one attached hydrogen (secondary N) is 1. The van der Waals surface area contributed by atoms with Gasteiger partial charge in [0.1, 0.15) is 11.4 Å². The van der Waals surface area contributed by atoms with Crippen molar-refractivity contribution in [2.24, 2.45) is 5.41 Å². The number of ether oxygens (including phenoxy) is 1. The molecule has 3 rings (SSSR count). The molecule has 1 N–H and O–H groups in total. The third-order valence-electron chi connectivity index (χ3n) is 5.74. The summed E-state index contributed by atoms with van der Waals surface area (Å²) in [5, 5.41) is 2.98. The molecule has 0 aliphatic carbocycles. The van der Waals surface area contributed by atoms with E-state index in [-0.39, 0.29) is 30.4 Å². The van der Waals surface area contributed by atoms with Crippen molar-refractivity contribution in [2.75, 3.05) is 19.7 Å². The zero-order chi connectivity index (χ0) is 22.7. The van der Waals surface area contributed by atoms with Gasteiger partial charge in [-0.1, -0.05) is 30.3 Å². The second kappa shape index (κ2) is 9.16. The normalized spacial score (nSPS) is 21.2. The van der Waals surface area contributed by atoms with Gasteiger partial charge in [0.15, 0.2) is 0 Å². The minimum absolute atomic E-state index is 0.0199. The van der Waals surface area contributed by atoms with Gasteiger partial charge in [-0.15, -0.1) is 0 Å². The van der Waals surface area contributed by atoms with E-state index >= 15 is 0 Å². The van der Waals surface area contributed by atoms with Gasteiger partial charge in [-0.05, 0) is 52.0 Å². The first kappa shape index (κ1) is 23.5. The molecule has 2 saturated heterocycles. The monoisotopic (exact) mass is 452 g/mol. The summed E-state index contributed by atoms with van der Waals surface area (Å²) in [6.45, 7) is 6.45. The van der Waals surface area contributed by atoms with Gasteiger partial charge < -0.3 is 15.0 Å². The molecule has 2 amide bonds. The highest BCUT2D eigenvalue weighted by molar-refractivity contribution is 7.85. The molecule has 2 aliphatic heterocycles. The maximum atomic E-state index is 12.7. The number of hydrogen-bond acceptors (Lipinski definition) is 6. The van der Waals surface area contributed by atoms with Gasteiger partial charge in [-0.25, -0.2) is 4.79 Å². The Labute approximate surface area is 184 Å². The van der Waals surface area contributed by atoms with Crippen LogP contribution in [0, 0.1) is 5.41 Å². The first-order chi connectivity index (χ1) is 14.5. The van der Waals surface area contributed by atoms with Crippen LogP contribution in [0.1, 0.15) is 52.0 Å². The number of likely N-dealkylation sites (tertiary alicyclic amines) is 1. The summed E-state index contributed by atoms with van der Waals surface area (Å²) < 4.78 is 34.9. The molecule has 9 heteroatoms. The van der Waals surface area contributed by atoms with Crippen molar-refractivity contribution in [3.63, 3.8) is 0 Å². The molecule has 0 aromatic heterocycles. The average molecular weight is 453 g/mol. The smallest absolute Gasteiger partial charge is 0.410 e. The minimum Gasteiger partial charge on any atom is -0.444 e. The maximum Gasteiger partial charge on any atom is 0.410 e. The molecule has 1 aromatic carbocycles. The molecule has 172 valence electrons. The van der Waals surface area contributed by atoms with Gasteiger partial charge in [-0.3, -0.25) is 8.98 Å². The summed E-state index contributed by atoms with van der Waals surface area (Å²) in [7, 11) is -3.68. The Kier molecular flexibility index (Phi) is 6.95. The third-order valence-corrected chi connectivity index (χ3v) is 6.95. The second-order valence-corrected chi connectivity index (χ2v) is 11.1. The second-order valence-electron chi connectivity index (χ2n) is 9.42. The molecular formula is C22H32N2O6S. The molecule has 31 heavy (non-hydrogen) atoms. The molecule has 2 fully saturated rings. The van der Waals surface area contributed by atoms with E-state index in [9.17, 15) is 18.0 Å². The number of benzene rings is 1. The number of nitrogens with zero attached hydrogens (tertiary/aromatic N) is 1. The van der Waals surface area contributed by atoms with Gasteiger partial charge in [-0.2, -0.15) is 8.42 Å². The Morgan fingerprint density at radius 2 is 1.84 bits per heavy atom. The maximum absolute atomic E-state index is 12.7. The van der Waals surface area contributed by atoms with Crippen LogP contribution in [0.3, 0.4) is 0 Å². The topological polar surface area (TPSA) is 102 Å². The summed E-state index contributed by atoms with van der Waals surface area (Å²) in [5.41, 5.74) is -0.387. The highest BCUT2D eigenvalue weighted by atomic mass is 32.2. The zero-order valence-corrected chi connectivity index (χ0v) is 19.2. The molecule has 1 spiro atoms. The molecule has 1 atom stereocenters. The molecule has 8 nitrogen and oxygen atoms in total. The molecule has 0 unspecified atom stereocenters. The lowest BCUT2D eigenvalue weighted by atomic mass is 9.76. The summed E-state index contributed by atoms with van der Waals surface area (Å²) >= 11 is 0. The lowest BCUT2D eigenvalue weighted by molar-refractivity contribution is -0.130. The van der Waals surface area contributed by atoms with Crippen molar-refractivity contribution in [1.29, 1.82) is 0 Å². The highest BCUT2D eigenvalue weighted by Crippen LogP contribution is 2.41. The van der Waals surface area contributed by atoms with E-state index in [1.165, 1.54) is 0 Å². The number of carbonyl (C=O) groups is 2. The first-order valence-electron chi connectivity index (χ1n) is 10.7. The standard InChI is InChI=1S/C22H32N2O6S/c1-21(2,3)30-20(26)24-12-10-22(11-13-24)15-18(23-19(22)25)9-14-29-31(27,28)16-17-7-5-4-6-8-17/h4-8,18H,9-16H2,1-3H3,(H,23,25)/t18-/m1/s1. The van der Waals surface area contributed by atoms with Crippen LogP contribution in [0.5, 0.6) is 0 Å². The van der Waals surface area contributed by atoms with Crippen molar-refractivity contribution in [2.45, 2.75) is 63.9 Å². The Bertz CT molecular complexity index is 886. The number of rotatable bonds is 6. The Morgan fingerprint density at radius 1 is 1.19 bits per heavy atom. The lowest BCUT2D eigenvalue weighted by Gasteiger charge is -2.38. The van der Waals surface area contributed by atoms with Crippen LogP contribution in [0.15, 0.2) is 30.3 Å². The molecule has 2 heterocycles. The minimum atomic E-state index is -3.68. The number of hydrogen-bond donors (Lipinski definition) is 1. The van der Waals surface area contributed by atoms with E-state index in [4.69, 9.17) is 8.92 Å². The fourth-order valence-corrected chi connectivity index (χ4v) is 5.17. The molecule has 1 aromatic rings. The molecule has 2 aliphatic rings. The first-order valence-corrected chi connectivity index (χ1v) is 12.3. The summed E-state index contributed by atoms with van der Waals surface area (Å²) in [4.78, 5) is 26.6.